The predicted octanol–water partition coefficient (Wildman–Crippen LogP) is -0.0392. The summed E-state index contributed by atoms with van der Waals surface area (Å²) in [6.45, 7) is 0. The Labute approximate surface area is 48.3 Å². The van der Waals surface area contributed by atoms with Crippen LogP contribution in [-0.4, -0.2) is 20.4 Å². The van der Waals surface area contributed by atoms with Gasteiger partial charge in [-0.05, 0) is 21.1 Å². The molecule has 0 saturated heterocycles. The fourth-order valence-corrected chi connectivity index (χ4v) is 0.273. The highest BCUT2D eigenvalue weighted by Gasteiger charge is 1.90. The second-order valence-electron chi connectivity index (χ2n) is 1.04. The van der Waals surface area contributed by atoms with Gasteiger partial charge in [0.25, 0.3) is 0 Å². The van der Waals surface area contributed by atoms with E-state index in [0.717, 1.165) is 0 Å². The lowest BCUT2D eigenvalue weighted by Gasteiger charge is -1.98. The van der Waals surface area contributed by atoms with E-state index in [2.05, 4.69) is 25.6 Å². The SMILES string of the molecule is [N-]=[N+]=Nc1nnnn1[O-]. The van der Waals surface area contributed by atoms with Crippen molar-refractivity contribution in [1.82, 2.24) is 20.4 Å². The van der Waals surface area contributed by atoms with Gasteiger partial charge < -0.3 is 5.21 Å². The number of tetrazole rings is 1. The number of nitrogens with zero attached hydrogens (tertiary/aromatic N) is 7. The summed E-state index contributed by atoms with van der Waals surface area (Å²) < 4.78 is 0. The summed E-state index contributed by atoms with van der Waals surface area (Å²) in [7, 11) is 0. The summed E-state index contributed by atoms with van der Waals surface area (Å²) in [5.41, 5.74) is 7.77. The van der Waals surface area contributed by atoms with Crippen LogP contribution in [0, 0.1) is 5.21 Å². The summed E-state index contributed by atoms with van der Waals surface area (Å²) in [5, 5.41) is 22.0. The van der Waals surface area contributed by atoms with Crippen LogP contribution >= 0.6 is 0 Å². The minimum absolute atomic E-state index is 0.0275. The van der Waals surface area contributed by atoms with Crippen molar-refractivity contribution in [2.45, 2.75) is 0 Å². The first-order valence-electron chi connectivity index (χ1n) is 1.85. The molecular weight excluding hydrogens is 126 g/mol. The van der Waals surface area contributed by atoms with E-state index in [1.807, 2.05) is 0 Å². The molecular formula is CN7O-. The molecule has 0 atom stereocenters. The maximum Gasteiger partial charge on any atom is 0.234 e. The number of hydrogen-bond donors (Lipinski definition) is 0. The number of azide groups is 1. The van der Waals surface area contributed by atoms with Crippen LogP contribution in [0.5, 0.6) is 0 Å². The first-order valence-corrected chi connectivity index (χ1v) is 1.85. The zero-order valence-electron chi connectivity index (χ0n) is 4.04. The predicted molar refractivity (Wildman–Crippen MR) is 25.4 cm³/mol. The monoisotopic (exact) mass is 126 g/mol. The molecule has 0 amide bonds. The van der Waals surface area contributed by atoms with E-state index < -0.39 is 5.95 Å². The van der Waals surface area contributed by atoms with Crippen molar-refractivity contribution in [2.75, 3.05) is 0 Å². The largest absolute Gasteiger partial charge is 0.788 e. The first kappa shape index (κ1) is 5.32. The van der Waals surface area contributed by atoms with Crippen molar-refractivity contribution >= 4 is 5.95 Å². The minimum atomic E-state index is -0.391. The molecule has 9 heavy (non-hydrogen) atoms. The molecule has 0 unspecified atom stereocenters. The van der Waals surface area contributed by atoms with E-state index in [1.165, 1.54) is 0 Å². The normalized spacial score (nSPS) is 8.44. The van der Waals surface area contributed by atoms with Crippen molar-refractivity contribution in [3.05, 3.63) is 15.7 Å². The van der Waals surface area contributed by atoms with E-state index in [0.29, 0.717) is 0 Å². The molecule has 0 radical (unpaired) electrons. The van der Waals surface area contributed by atoms with Crippen molar-refractivity contribution in [3.63, 3.8) is 0 Å². The lowest BCUT2D eigenvalue weighted by molar-refractivity contribution is 0.792. The molecule has 0 aliphatic heterocycles. The number of hydrogen-bond acceptors (Lipinski definition) is 5. The van der Waals surface area contributed by atoms with Gasteiger partial charge in [-0.1, -0.05) is 0 Å². The van der Waals surface area contributed by atoms with Gasteiger partial charge in [-0.3, -0.25) is 4.85 Å². The molecule has 46 valence electrons. The zero-order chi connectivity index (χ0) is 6.69. The van der Waals surface area contributed by atoms with E-state index >= 15 is 0 Å². The van der Waals surface area contributed by atoms with Crippen LogP contribution in [-0.2, 0) is 0 Å². The molecule has 1 rings (SSSR count). The third-order valence-corrected chi connectivity index (χ3v) is 0.561. The average Bonchev–Trinajstić information content (AvgIpc) is 2.18. The Morgan fingerprint density at radius 3 is 3.00 bits per heavy atom. The summed E-state index contributed by atoms with van der Waals surface area (Å²) >= 11 is 0. The molecule has 0 saturated carbocycles. The third kappa shape index (κ3) is 0.864. The molecule has 1 aromatic rings. The highest BCUT2D eigenvalue weighted by atomic mass is 16.5. The maximum absolute atomic E-state index is 10.2. The smallest absolute Gasteiger partial charge is 0.234 e. The Morgan fingerprint density at radius 2 is 2.56 bits per heavy atom. The summed E-state index contributed by atoms with van der Waals surface area (Å²) in [6, 6.07) is 0. The van der Waals surface area contributed by atoms with Gasteiger partial charge in [0, 0.05) is 4.91 Å². The number of aromatic nitrogens is 4. The van der Waals surface area contributed by atoms with Crippen molar-refractivity contribution in [3.8, 4) is 0 Å². The molecule has 0 aliphatic rings. The molecule has 0 spiro atoms. The highest BCUT2D eigenvalue weighted by molar-refractivity contribution is 5.10. The highest BCUT2D eigenvalue weighted by Crippen LogP contribution is 2.00. The molecule has 0 fully saturated rings. The van der Waals surface area contributed by atoms with Gasteiger partial charge in [-0.2, -0.15) is 0 Å². The van der Waals surface area contributed by atoms with Crippen LogP contribution in [0.3, 0.4) is 0 Å². The van der Waals surface area contributed by atoms with E-state index in [9.17, 15) is 5.21 Å². The maximum atomic E-state index is 10.2. The Balaban J connectivity index is 3.07. The fourth-order valence-electron chi connectivity index (χ4n) is 0.273. The number of rotatable bonds is 1. The second kappa shape index (κ2) is 1.97. The van der Waals surface area contributed by atoms with Gasteiger partial charge in [-0.15, -0.1) is 5.10 Å². The third-order valence-electron chi connectivity index (χ3n) is 0.561. The molecule has 1 aromatic heterocycles. The second-order valence-corrected chi connectivity index (χ2v) is 1.04. The molecule has 0 bridgehead atoms. The minimum Gasteiger partial charge on any atom is -0.788 e. The van der Waals surface area contributed by atoms with Gasteiger partial charge in [0.15, 0.2) is 0 Å². The Bertz CT molecular complexity index is 243. The van der Waals surface area contributed by atoms with Gasteiger partial charge in [0.1, 0.15) is 0 Å². The van der Waals surface area contributed by atoms with Crippen molar-refractivity contribution in [1.29, 1.82) is 0 Å². The van der Waals surface area contributed by atoms with Crippen molar-refractivity contribution < 1.29 is 0 Å². The molecule has 8 heteroatoms. The van der Waals surface area contributed by atoms with E-state index in [-0.39, 0.29) is 4.85 Å². The van der Waals surface area contributed by atoms with Gasteiger partial charge in [0.2, 0.25) is 5.95 Å². The molecule has 0 aliphatic carbocycles. The average molecular weight is 126 g/mol. The van der Waals surface area contributed by atoms with Gasteiger partial charge in [-0.25, -0.2) is 0 Å². The molecule has 0 N–H and O–H groups in total. The topological polar surface area (TPSA) is 115 Å². The Kier molecular flexibility index (Phi) is 1.16. The van der Waals surface area contributed by atoms with Crippen LogP contribution in [0.1, 0.15) is 0 Å². The molecule has 8 nitrogen and oxygen atoms in total. The summed E-state index contributed by atoms with van der Waals surface area (Å²) in [4.78, 5) is 2.33. The standard InChI is InChI=1S/CN7O/c2-5-3-1-4-6-7-8(1)9/q-1. The molecule has 1 heterocycles. The van der Waals surface area contributed by atoms with Crippen molar-refractivity contribution in [2.24, 2.45) is 5.11 Å². The van der Waals surface area contributed by atoms with Crippen LogP contribution < -0.4 is 0 Å². The van der Waals surface area contributed by atoms with Gasteiger partial charge in [0.05, 0.1) is 0 Å². The van der Waals surface area contributed by atoms with Gasteiger partial charge >= 0.3 is 0 Å². The Morgan fingerprint density at radius 1 is 1.78 bits per heavy atom. The molecule has 0 aromatic carbocycles. The summed E-state index contributed by atoms with van der Waals surface area (Å²) in [5.74, 6) is -0.391. The van der Waals surface area contributed by atoms with E-state index in [4.69, 9.17) is 5.53 Å². The van der Waals surface area contributed by atoms with Crippen LogP contribution in [0.2, 0.25) is 0 Å². The van der Waals surface area contributed by atoms with Crippen LogP contribution in [0.15, 0.2) is 5.11 Å². The van der Waals surface area contributed by atoms with Crippen LogP contribution in [0.4, 0.5) is 5.95 Å². The lowest BCUT2D eigenvalue weighted by Crippen LogP contribution is -1.85. The van der Waals surface area contributed by atoms with E-state index in [1.54, 1.807) is 0 Å². The fraction of sp³-hybridized carbons (Fsp3) is 0. The lowest BCUT2D eigenvalue weighted by atomic mass is 11.1. The summed E-state index contributed by atoms with van der Waals surface area (Å²) in [6.07, 6.45) is 0. The first-order chi connectivity index (χ1) is 4.34. The quantitative estimate of drug-likeness (QED) is 0.298. The zero-order valence-corrected chi connectivity index (χ0v) is 4.04. The Hall–Kier alpha value is -1.82. The van der Waals surface area contributed by atoms with Crippen LogP contribution in [0.25, 0.3) is 10.4 Å².